The first-order valence-electron chi connectivity index (χ1n) is 11.5. The summed E-state index contributed by atoms with van der Waals surface area (Å²) in [6, 6.07) is 10.9. The second-order valence-corrected chi connectivity index (χ2v) is 9.91. The smallest absolute Gasteiger partial charge is 0.262 e. The average molecular weight is 469 g/mol. The number of para-hydroxylation sites is 1. The number of fused-ring (bicyclic) bond motifs is 1. The van der Waals surface area contributed by atoms with Crippen molar-refractivity contribution in [3.63, 3.8) is 0 Å². The van der Waals surface area contributed by atoms with Crippen molar-refractivity contribution in [2.24, 2.45) is 5.92 Å². The summed E-state index contributed by atoms with van der Waals surface area (Å²) < 4.78 is 5.88. The summed E-state index contributed by atoms with van der Waals surface area (Å²) in [5, 5.41) is 8.87. The van der Waals surface area contributed by atoms with E-state index < -0.39 is 6.04 Å². The van der Waals surface area contributed by atoms with Gasteiger partial charge in [0.25, 0.3) is 5.91 Å². The molecular weight excluding hydrogens is 436 g/mol. The maximum Gasteiger partial charge on any atom is 0.262 e. The number of benzene rings is 1. The van der Waals surface area contributed by atoms with Gasteiger partial charge in [-0.1, -0.05) is 38.1 Å². The van der Waals surface area contributed by atoms with Gasteiger partial charge < -0.3 is 20.4 Å². The van der Waals surface area contributed by atoms with Crippen molar-refractivity contribution < 1.29 is 14.3 Å². The van der Waals surface area contributed by atoms with Crippen molar-refractivity contribution in [2.45, 2.75) is 32.4 Å². The van der Waals surface area contributed by atoms with Crippen LogP contribution in [0.4, 0.5) is 0 Å². The zero-order valence-electron chi connectivity index (χ0n) is 19.2. The van der Waals surface area contributed by atoms with E-state index in [0.29, 0.717) is 30.4 Å². The molecule has 1 aliphatic rings. The van der Waals surface area contributed by atoms with Gasteiger partial charge in [0.1, 0.15) is 6.04 Å². The van der Waals surface area contributed by atoms with Crippen LogP contribution in [0.1, 0.15) is 29.1 Å². The number of hydrogen-bond donors (Lipinski definition) is 3. The van der Waals surface area contributed by atoms with Crippen LogP contribution in [0.2, 0.25) is 0 Å². The molecule has 8 heteroatoms. The fraction of sp³-hybridized carbons (Fsp3) is 0.440. The Kier molecular flexibility index (Phi) is 7.80. The molecule has 1 aromatic carbocycles. The molecule has 1 saturated heterocycles. The summed E-state index contributed by atoms with van der Waals surface area (Å²) in [6.07, 6.45) is 2.26. The number of thiophene rings is 1. The number of nitrogens with one attached hydrogen (secondary N) is 3. The largest absolute Gasteiger partial charge is 0.374 e. The Morgan fingerprint density at radius 2 is 2.09 bits per heavy atom. The van der Waals surface area contributed by atoms with Crippen LogP contribution in [0.25, 0.3) is 10.9 Å². The standard InChI is InChI=1S/C25H32N4O3S/c1-17(2)15-29-9-10-32-19(16-29)14-27-24(30)22(28-25(31)23-8-5-11-33-23)12-18-13-26-21-7-4-3-6-20(18)21/h3-8,11,13,17,19,22,26H,9-10,12,14-16H2,1-2H3,(H,27,30)(H,28,31)/t19-,22-/m0/s1. The number of ether oxygens (including phenoxy) is 1. The van der Waals surface area contributed by atoms with E-state index in [2.05, 4.69) is 34.4 Å². The van der Waals surface area contributed by atoms with Crippen molar-refractivity contribution in [1.29, 1.82) is 0 Å². The Labute approximate surface area is 198 Å². The van der Waals surface area contributed by atoms with Crippen LogP contribution in [-0.2, 0) is 16.0 Å². The molecule has 0 unspecified atom stereocenters. The number of hydrogen-bond acceptors (Lipinski definition) is 5. The van der Waals surface area contributed by atoms with Crippen molar-refractivity contribution in [1.82, 2.24) is 20.5 Å². The Balaban J connectivity index is 1.43. The van der Waals surface area contributed by atoms with Crippen LogP contribution >= 0.6 is 11.3 Å². The molecule has 2 atom stereocenters. The van der Waals surface area contributed by atoms with E-state index in [9.17, 15) is 9.59 Å². The maximum absolute atomic E-state index is 13.2. The summed E-state index contributed by atoms with van der Waals surface area (Å²) in [5.74, 6) is 0.156. The molecule has 0 spiro atoms. The minimum absolute atomic E-state index is 0.0526. The first kappa shape index (κ1) is 23.5. The number of amides is 2. The molecule has 3 aromatic rings. The fourth-order valence-electron chi connectivity index (χ4n) is 4.29. The maximum atomic E-state index is 13.2. The van der Waals surface area contributed by atoms with Gasteiger partial charge >= 0.3 is 0 Å². The van der Waals surface area contributed by atoms with Crippen LogP contribution in [-0.4, -0.2) is 66.6 Å². The van der Waals surface area contributed by atoms with Crippen LogP contribution < -0.4 is 10.6 Å². The third kappa shape index (κ3) is 6.22. The third-order valence-corrected chi connectivity index (χ3v) is 6.68. The molecule has 33 heavy (non-hydrogen) atoms. The lowest BCUT2D eigenvalue weighted by Gasteiger charge is -2.34. The highest BCUT2D eigenvalue weighted by Gasteiger charge is 2.26. The molecular formula is C25H32N4O3S. The highest BCUT2D eigenvalue weighted by molar-refractivity contribution is 7.12. The van der Waals surface area contributed by atoms with E-state index in [0.717, 1.165) is 36.1 Å². The van der Waals surface area contributed by atoms with Gasteiger partial charge in [-0.3, -0.25) is 14.5 Å². The van der Waals surface area contributed by atoms with Crippen LogP contribution in [0, 0.1) is 5.92 Å². The fourth-order valence-corrected chi connectivity index (χ4v) is 4.92. The number of carbonyl (C=O) groups excluding carboxylic acids is 2. The molecule has 4 rings (SSSR count). The zero-order chi connectivity index (χ0) is 23.2. The highest BCUT2D eigenvalue weighted by Crippen LogP contribution is 2.20. The summed E-state index contributed by atoms with van der Waals surface area (Å²) in [7, 11) is 0. The molecule has 176 valence electrons. The van der Waals surface area contributed by atoms with Crippen molar-refractivity contribution >= 4 is 34.1 Å². The summed E-state index contributed by atoms with van der Waals surface area (Å²) >= 11 is 1.36. The van der Waals surface area contributed by atoms with E-state index in [1.54, 1.807) is 6.07 Å². The molecule has 7 nitrogen and oxygen atoms in total. The third-order valence-electron chi connectivity index (χ3n) is 5.82. The van der Waals surface area contributed by atoms with Crippen LogP contribution in [0.5, 0.6) is 0 Å². The number of carbonyl (C=O) groups is 2. The molecule has 0 radical (unpaired) electrons. The zero-order valence-corrected chi connectivity index (χ0v) is 20.0. The second kappa shape index (κ2) is 11.0. The average Bonchev–Trinajstić information content (AvgIpc) is 3.47. The van der Waals surface area contributed by atoms with Gasteiger partial charge in [0, 0.05) is 49.7 Å². The lowest BCUT2D eigenvalue weighted by Crippen LogP contribution is -2.52. The second-order valence-electron chi connectivity index (χ2n) is 8.96. The Morgan fingerprint density at radius 1 is 1.24 bits per heavy atom. The molecule has 3 N–H and O–H groups in total. The van der Waals surface area contributed by atoms with Gasteiger partial charge in [-0.25, -0.2) is 0 Å². The summed E-state index contributed by atoms with van der Waals surface area (Å²) in [5.41, 5.74) is 2.01. The Bertz CT molecular complexity index is 1060. The van der Waals surface area contributed by atoms with Crippen molar-refractivity contribution in [3.8, 4) is 0 Å². The number of rotatable bonds is 9. The molecule has 0 bridgehead atoms. The lowest BCUT2D eigenvalue weighted by molar-refractivity contribution is -0.124. The molecule has 1 aliphatic heterocycles. The minimum Gasteiger partial charge on any atom is -0.374 e. The van der Waals surface area contributed by atoms with E-state index >= 15 is 0 Å². The summed E-state index contributed by atoms with van der Waals surface area (Å²) in [4.78, 5) is 32.2. The number of morpholine rings is 1. The quantitative estimate of drug-likeness (QED) is 0.451. The van der Waals surface area contributed by atoms with E-state index in [-0.39, 0.29) is 17.9 Å². The molecule has 3 heterocycles. The number of H-pyrrole nitrogens is 1. The topological polar surface area (TPSA) is 86.5 Å². The van der Waals surface area contributed by atoms with Gasteiger partial charge in [-0.2, -0.15) is 0 Å². The molecule has 1 fully saturated rings. The van der Waals surface area contributed by atoms with E-state index in [4.69, 9.17) is 4.74 Å². The monoisotopic (exact) mass is 468 g/mol. The molecule has 0 aliphatic carbocycles. The first-order valence-corrected chi connectivity index (χ1v) is 12.4. The van der Waals surface area contributed by atoms with Crippen molar-refractivity contribution in [2.75, 3.05) is 32.8 Å². The SMILES string of the molecule is CC(C)CN1CCO[C@@H](CNC(=O)[C@H](Cc2c[nH]c3ccccc23)NC(=O)c2cccs2)C1. The number of aromatic amines is 1. The Morgan fingerprint density at radius 3 is 2.88 bits per heavy atom. The van der Waals surface area contributed by atoms with Gasteiger partial charge in [0.2, 0.25) is 5.91 Å². The first-order chi connectivity index (χ1) is 16.0. The highest BCUT2D eigenvalue weighted by atomic mass is 32.1. The van der Waals surface area contributed by atoms with E-state index in [1.807, 2.05) is 41.9 Å². The van der Waals surface area contributed by atoms with Gasteiger partial charge in [0.15, 0.2) is 0 Å². The van der Waals surface area contributed by atoms with Gasteiger partial charge in [0.05, 0.1) is 17.6 Å². The number of nitrogens with zero attached hydrogens (tertiary/aromatic N) is 1. The predicted octanol–water partition coefficient (Wildman–Crippen LogP) is 3.04. The minimum atomic E-state index is -0.686. The van der Waals surface area contributed by atoms with Crippen molar-refractivity contribution in [3.05, 3.63) is 58.4 Å². The van der Waals surface area contributed by atoms with Crippen LogP contribution in [0.3, 0.4) is 0 Å². The normalized spacial score (nSPS) is 17.8. The van der Waals surface area contributed by atoms with Gasteiger partial charge in [-0.15, -0.1) is 11.3 Å². The molecule has 0 saturated carbocycles. The Hall–Kier alpha value is -2.68. The van der Waals surface area contributed by atoms with Crippen LogP contribution in [0.15, 0.2) is 48.0 Å². The molecule has 2 aromatic heterocycles. The van der Waals surface area contributed by atoms with E-state index in [1.165, 1.54) is 11.3 Å². The lowest BCUT2D eigenvalue weighted by atomic mass is 10.0. The number of aromatic nitrogens is 1. The summed E-state index contributed by atoms with van der Waals surface area (Å²) in [6.45, 7) is 8.24. The predicted molar refractivity (Wildman–Crippen MR) is 132 cm³/mol. The van der Waals surface area contributed by atoms with Gasteiger partial charge in [-0.05, 0) is 29.0 Å². The molecule has 2 amide bonds.